The van der Waals surface area contributed by atoms with Gasteiger partial charge < -0.3 is 24.6 Å². The van der Waals surface area contributed by atoms with Crippen LogP contribution in [0.5, 0.6) is 5.75 Å². The van der Waals surface area contributed by atoms with Crippen LogP contribution >= 0.6 is 0 Å². The second-order valence-corrected chi connectivity index (χ2v) is 10.6. The molecule has 2 N–H and O–H groups in total. The van der Waals surface area contributed by atoms with Gasteiger partial charge in [0.2, 0.25) is 0 Å². The van der Waals surface area contributed by atoms with Crippen LogP contribution in [0.4, 0.5) is 4.39 Å². The van der Waals surface area contributed by atoms with Crippen LogP contribution in [0.3, 0.4) is 0 Å². The van der Waals surface area contributed by atoms with Crippen molar-refractivity contribution in [2.45, 2.75) is 77.5 Å². The van der Waals surface area contributed by atoms with Gasteiger partial charge in [0, 0.05) is 30.1 Å². The third kappa shape index (κ3) is 8.52. The number of rotatable bonds is 14. The van der Waals surface area contributed by atoms with Crippen molar-refractivity contribution in [2.24, 2.45) is 5.92 Å². The highest BCUT2D eigenvalue weighted by Gasteiger charge is 2.28. The highest BCUT2D eigenvalue weighted by atomic mass is 19.1. The number of hydrogen-bond acceptors (Lipinski definition) is 6. The smallest absolute Gasteiger partial charge is 0.306 e. The molecule has 0 saturated heterocycles. The maximum Gasteiger partial charge on any atom is 0.306 e. The standard InChI is InChI=1S/C30H42FNO5/c1-6-36-29(34)12-11-26-27(15-24(31)16-28(26)35-5)20(2)37-19-25(33)18-32-30(3,4)17-21-13-22-9-7-8-10-23(22)14-21/h7-10,15-16,20-21,25,32-33H,6,11-14,17-19H2,1-5H3/t20-,25-/m1/s1. The van der Waals surface area contributed by atoms with Crippen molar-refractivity contribution < 1.29 is 28.5 Å². The van der Waals surface area contributed by atoms with Crippen molar-refractivity contribution in [2.75, 3.05) is 26.9 Å². The first kappa shape index (κ1) is 29.1. The molecular weight excluding hydrogens is 473 g/mol. The van der Waals surface area contributed by atoms with E-state index in [9.17, 15) is 14.3 Å². The molecule has 2 aromatic rings. The molecule has 0 saturated carbocycles. The molecule has 3 rings (SSSR count). The number of carbonyl (C=O) groups is 1. The van der Waals surface area contributed by atoms with Crippen LogP contribution < -0.4 is 10.1 Å². The van der Waals surface area contributed by atoms with Crippen LogP contribution in [-0.2, 0) is 33.5 Å². The van der Waals surface area contributed by atoms with E-state index in [0.29, 0.717) is 42.4 Å². The van der Waals surface area contributed by atoms with E-state index in [1.54, 1.807) is 6.92 Å². The molecule has 0 fully saturated rings. The summed E-state index contributed by atoms with van der Waals surface area (Å²) in [5, 5.41) is 14.1. The minimum Gasteiger partial charge on any atom is -0.496 e. The number of hydrogen-bond donors (Lipinski definition) is 2. The van der Waals surface area contributed by atoms with Gasteiger partial charge in [-0.3, -0.25) is 4.79 Å². The summed E-state index contributed by atoms with van der Waals surface area (Å²) in [5.74, 6) is 0.191. The van der Waals surface area contributed by atoms with E-state index in [1.807, 2.05) is 6.92 Å². The molecule has 1 aliphatic carbocycles. The lowest BCUT2D eigenvalue weighted by Crippen LogP contribution is -2.45. The first-order valence-electron chi connectivity index (χ1n) is 13.2. The third-order valence-electron chi connectivity index (χ3n) is 7.04. The molecule has 1 aliphatic rings. The van der Waals surface area contributed by atoms with Crippen molar-refractivity contribution in [3.63, 3.8) is 0 Å². The Morgan fingerprint density at radius 1 is 1.22 bits per heavy atom. The summed E-state index contributed by atoms with van der Waals surface area (Å²) in [6.45, 7) is 8.69. The number of aliphatic hydroxyl groups is 1. The number of β-amino-alcohol motifs (C(OH)–C–C–N with tert-alkyl or cyclic N) is 1. The minimum absolute atomic E-state index is 0.0925. The van der Waals surface area contributed by atoms with E-state index in [2.05, 4.69) is 43.4 Å². The second kappa shape index (κ2) is 13.4. The monoisotopic (exact) mass is 515 g/mol. The van der Waals surface area contributed by atoms with Gasteiger partial charge in [0.15, 0.2) is 0 Å². The normalized spacial score (nSPS) is 15.3. The molecule has 7 heteroatoms. The zero-order valence-electron chi connectivity index (χ0n) is 22.8. The van der Waals surface area contributed by atoms with E-state index in [4.69, 9.17) is 14.2 Å². The summed E-state index contributed by atoms with van der Waals surface area (Å²) in [4.78, 5) is 11.9. The Morgan fingerprint density at radius 3 is 2.51 bits per heavy atom. The van der Waals surface area contributed by atoms with Gasteiger partial charge in [-0.05, 0) is 82.1 Å². The largest absolute Gasteiger partial charge is 0.496 e. The highest BCUT2D eigenvalue weighted by molar-refractivity contribution is 5.70. The number of esters is 1. The Balaban J connectivity index is 1.52. The van der Waals surface area contributed by atoms with Crippen molar-refractivity contribution >= 4 is 5.97 Å². The van der Waals surface area contributed by atoms with Gasteiger partial charge in [-0.15, -0.1) is 0 Å². The topological polar surface area (TPSA) is 77.0 Å². The summed E-state index contributed by atoms with van der Waals surface area (Å²) in [7, 11) is 1.47. The number of carbonyl (C=O) groups excluding carboxylic acids is 1. The quantitative estimate of drug-likeness (QED) is 0.347. The summed E-state index contributed by atoms with van der Waals surface area (Å²) >= 11 is 0. The zero-order chi connectivity index (χ0) is 27.0. The zero-order valence-corrected chi connectivity index (χ0v) is 22.8. The van der Waals surface area contributed by atoms with Crippen molar-refractivity contribution in [3.05, 3.63) is 64.5 Å². The molecule has 0 aliphatic heterocycles. The Kier molecular flexibility index (Phi) is 10.5. The molecule has 0 spiro atoms. The van der Waals surface area contributed by atoms with E-state index in [-0.39, 0.29) is 24.5 Å². The van der Waals surface area contributed by atoms with Gasteiger partial charge in [0.05, 0.1) is 32.5 Å². The van der Waals surface area contributed by atoms with E-state index >= 15 is 0 Å². The average molecular weight is 516 g/mol. The number of nitrogens with one attached hydrogen (secondary N) is 1. The number of benzene rings is 2. The number of ether oxygens (including phenoxy) is 3. The predicted molar refractivity (Wildman–Crippen MR) is 142 cm³/mol. The molecule has 0 unspecified atom stereocenters. The summed E-state index contributed by atoms with van der Waals surface area (Å²) < 4.78 is 30.7. The molecule has 0 amide bonds. The first-order chi connectivity index (χ1) is 17.6. The summed E-state index contributed by atoms with van der Waals surface area (Å²) in [6.07, 6.45) is 2.48. The number of aliphatic hydroxyl groups excluding tert-OH is 1. The molecule has 37 heavy (non-hydrogen) atoms. The van der Waals surface area contributed by atoms with Gasteiger partial charge in [-0.1, -0.05) is 24.3 Å². The van der Waals surface area contributed by atoms with Crippen LogP contribution in [-0.4, -0.2) is 49.6 Å². The van der Waals surface area contributed by atoms with E-state index < -0.39 is 18.0 Å². The van der Waals surface area contributed by atoms with Crippen LogP contribution in [0.2, 0.25) is 0 Å². The molecule has 0 aromatic heterocycles. The van der Waals surface area contributed by atoms with E-state index in [1.165, 1.54) is 30.4 Å². The van der Waals surface area contributed by atoms with Crippen molar-refractivity contribution in [1.82, 2.24) is 5.32 Å². The van der Waals surface area contributed by atoms with Crippen molar-refractivity contribution in [1.29, 1.82) is 0 Å². The van der Waals surface area contributed by atoms with Crippen LogP contribution in [0.15, 0.2) is 36.4 Å². The maximum absolute atomic E-state index is 14.3. The number of methoxy groups -OCH3 is 1. The average Bonchev–Trinajstić information content (AvgIpc) is 3.26. The Labute approximate surface area is 220 Å². The molecule has 204 valence electrons. The lowest BCUT2D eigenvalue weighted by Gasteiger charge is -2.31. The fraction of sp³-hybridized carbons (Fsp3) is 0.567. The summed E-state index contributed by atoms with van der Waals surface area (Å²) in [6, 6.07) is 11.3. The SMILES string of the molecule is CCOC(=O)CCc1c(OC)cc(F)cc1[C@@H](C)OC[C@H](O)CNC(C)(C)CC1Cc2ccccc2C1. The van der Waals surface area contributed by atoms with E-state index in [0.717, 1.165) is 19.3 Å². The lowest BCUT2D eigenvalue weighted by molar-refractivity contribution is -0.143. The van der Waals surface area contributed by atoms with Gasteiger partial charge >= 0.3 is 5.97 Å². The fourth-order valence-electron chi connectivity index (χ4n) is 5.29. The van der Waals surface area contributed by atoms with Crippen LogP contribution in [0.25, 0.3) is 0 Å². The molecule has 2 atom stereocenters. The van der Waals surface area contributed by atoms with Gasteiger partial charge in [0.1, 0.15) is 11.6 Å². The first-order valence-corrected chi connectivity index (χ1v) is 13.2. The molecule has 0 heterocycles. The predicted octanol–water partition coefficient (Wildman–Crippen LogP) is 4.94. The fourth-order valence-corrected chi connectivity index (χ4v) is 5.29. The number of halogens is 1. The highest BCUT2D eigenvalue weighted by Crippen LogP contribution is 2.33. The van der Waals surface area contributed by atoms with Gasteiger partial charge in [-0.25, -0.2) is 4.39 Å². The minimum atomic E-state index is -0.721. The Morgan fingerprint density at radius 2 is 1.89 bits per heavy atom. The summed E-state index contributed by atoms with van der Waals surface area (Å²) in [5.41, 5.74) is 4.07. The molecule has 0 radical (unpaired) electrons. The maximum atomic E-state index is 14.3. The van der Waals surface area contributed by atoms with Crippen LogP contribution in [0.1, 0.15) is 68.9 Å². The Hall–Kier alpha value is -2.48. The van der Waals surface area contributed by atoms with Gasteiger partial charge in [-0.2, -0.15) is 0 Å². The molecule has 6 nitrogen and oxygen atoms in total. The van der Waals surface area contributed by atoms with Crippen LogP contribution in [0, 0.1) is 11.7 Å². The lowest BCUT2D eigenvalue weighted by atomic mass is 9.88. The van der Waals surface area contributed by atoms with Gasteiger partial charge in [0.25, 0.3) is 0 Å². The van der Waals surface area contributed by atoms with Crippen molar-refractivity contribution in [3.8, 4) is 5.75 Å². The molecule has 2 aromatic carbocycles. The second-order valence-electron chi connectivity index (χ2n) is 10.6. The third-order valence-corrected chi connectivity index (χ3v) is 7.04. The molecular formula is C30H42FNO5. The Bertz CT molecular complexity index is 1020. The molecule has 0 bridgehead atoms. The number of fused-ring (bicyclic) bond motifs is 1.